The number of alkyl halides is 3. The molecule has 1 fully saturated rings. The number of hydrazine groups is 1. The maximum absolute atomic E-state index is 12.5. The Morgan fingerprint density at radius 3 is 1.85 bits per heavy atom. The molecular formula is C12H22BF3N2O2. The zero-order valence-electron chi connectivity index (χ0n) is 12.7. The third-order valence-electron chi connectivity index (χ3n) is 3.77. The zero-order valence-corrected chi connectivity index (χ0v) is 12.7. The second kappa shape index (κ2) is 5.24. The molecule has 0 atom stereocenters. The number of allylic oxidation sites excluding steroid dienone is 1. The highest BCUT2D eigenvalue weighted by molar-refractivity contribution is 6.54. The van der Waals surface area contributed by atoms with Crippen molar-refractivity contribution in [1.82, 2.24) is 5.01 Å². The predicted octanol–water partition coefficient (Wildman–Crippen LogP) is 2.85. The summed E-state index contributed by atoms with van der Waals surface area (Å²) < 4.78 is 49.1. The Bertz CT molecular complexity index is 379. The molecule has 0 aromatic rings. The van der Waals surface area contributed by atoms with E-state index in [1.807, 2.05) is 27.7 Å². The van der Waals surface area contributed by atoms with Crippen molar-refractivity contribution < 1.29 is 22.5 Å². The predicted molar refractivity (Wildman–Crippen MR) is 71.1 cm³/mol. The van der Waals surface area contributed by atoms with Crippen molar-refractivity contribution >= 4 is 7.12 Å². The number of hydrogen-bond acceptors (Lipinski definition) is 4. The van der Waals surface area contributed by atoms with Gasteiger partial charge in [-0.2, -0.15) is 0 Å². The van der Waals surface area contributed by atoms with E-state index in [9.17, 15) is 13.2 Å². The lowest BCUT2D eigenvalue weighted by atomic mass is 9.72. The molecule has 1 aliphatic rings. The molecule has 1 aliphatic heterocycles. The molecule has 1 heterocycles. The van der Waals surface area contributed by atoms with E-state index in [2.05, 4.69) is 0 Å². The third kappa shape index (κ3) is 3.48. The smallest absolute Gasteiger partial charge is 0.400 e. The van der Waals surface area contributed by atoms with Crippen LogP contribution >= 0.6 is 0 Å². The first kappa shape index (κ1) is 17.3. The van der Waals surface area contributed by atoms with Crippen LogP contribution in [-0.2, 0) is 9.31 Å². The summed E-state index contributed by atoms with van der Waals surface area (Å²) in [5.41, 5.74) is -0.865. The second-order valence-corrected chi connectivity index (χ2v) is 6.25. The van der Waals surface area contributed by atoms with E-state index in [4.69, 9.17) is 15.2 Å². The van der Waals surface area contributed by atoms with Gasteiger partial charge in [0, 0.05) is 6.20 Å². The highest BCUT2D eigenvalue weighted by atomic mass is 19.4. The number of halogens is 3. The lowest BCUT2D eigenvalue weighted by molar-refractivity contribution is -0.229. The monoisotopic (exact) mass is 294 g/mol. The van der Waals surface area contributed by atoms with Crippen LogP contribution in [0.4, 0.5) is 13.2 Å². The third-order valence-corrected chi connectivity index (χ3v) is 3.77. The summed E-state index contributed by atoms with van der Waals surface area (Å²) >= 11 is 0. The molecule has 0 radical (unpaired) electrons. The first-order valence-electron chi connectivity index (χ1n) is 6.46. The van der Waals surface area contributed by atoms with Gasteiger partial charge in [-0.15, -0.1) is 13.2 Å². The van der Waals surface area contributed by atoms with Crippen LogP contribution in [-0.4, -0.2) is 29.6 Å². The molecule has 0 spiro atoms. The SMILES string of the molecule is CC(C)/C(=C\N(N)C(F)(F)F)B1OC(C)(C)C(C)(C)O1. The van der Waals surface area contributed by atoms with Gasteiger partial charge in [-0.25, -0.2) is 10.9 Å². The molecule has 0 aromatic heterocycles. The van der Waals surface area contributed by atoms with Crippen molar-refractivity contribution in [2.24, 2.45) is 11.8 Å². The average Bonchev–Trinajstić information content (AvgIpc) is 2.41. The van der Waals surface area contributed by atoms with Crippen LogP contribution in [0.15, 0.2) is 11.7 Å². The van der Waals surface area contributed by atoms with Crippen LogP contribution in [0.1, 0.15) is 41.5 Å². The van der Waals surface area contributed by atoms with Gasteiger partial charge in [0.2, 0.25) is 0 Å². The van der Waals surface area contributed by atoms with Gasteiger partial charge in [0.05, 0.1) is 11.2 Å². The highest BCUT2D eigenvalue weighted by Crippen LogP contribution is 2.40. The molecule has 1 saturated heterocycles. The Balaban J connectivity index is 3.04. The van der Waals surface area contributed by atoms with Crippen LogP contribution in [0.5, 0.6) is 0 Å². The minimum Gasteiger partial charge on any atom is -0.400 e. The number of nitrogens with two attached hydrogens (primary N) is 1. The Labute approximate surface area is 118 Å². The van der Waals surface area contributed by atoms with Gasteiger partial charge >= 0.3 is 13.4 Å². The van der Waals surface area contributed by atoms with E-state index in [0.717, 1.165) is 6.20 Å². The number of hydrogen-bond donors (Lipinski definition) is 1. The Morgan fingerprint density at radius 2 is 1.55 bits per heavy atom. The quantitative estimate of drug-likeness (QED) is 0.376. The van der Waals surface area contributed by atoms with Crippen molar-refractivity contribution in [1.29, 1.82) is 0 Å². The largest absolute Gasteiger partial charge is 0.498 e. The van der Waals surface area contributed by atoms with E-state index < -0.39 is 24.6 Å². The molecule has 0 bridgehead atoms. The zero-order chi connectivity index (χ0) is 15.9. The van der Waals surface area contributed by atoms with E-state index in [-0.39, 0.29) is 10.9 Å². The van der Waals surface area contributed by atoms with Crippen LogP contribution in [0.3, 0.4) is 0 Å². The van der Waals surface area contributed by atoms with Gasteiger partial charge in [-0.3, -0.25) is 0 Å². The summed E-state index contributed by atoms with van der Waals surface area (Å²) in [4.78, 5) is 0. The van der Waals surface area contributed by atoms with Crippen molar-refractivity contribution in [2.45, 2.75) is 59.0 Å². The minimum absolute atomic E-state index is 0.196. The molecule has 20 heavy (non-hydrogen) atoms. The molecule has 0 aliphatic carbocycles. The molecule has 0 amide bonds. The molecule has 1 rings (SSSR count). The van der Waals surface area contributed by atoms with Crippen LogP contribution in [0.2, 0.25) is 0 Å². The van der Waals surface area contributed by atoms with E-state index in [0.29, 0.717) is 5.47 Å². The maximum Gasteiger partial charge on any atom is 0.498 e. The van der Waals surface area contributed by atoms with E-state index in [1.165, 1.54) is 0 Å². The summed E-state index contributed by atoms with van der Waals surface area (Å²) in [6.45, 7) is 10.9. The van der Waals surface area contributed by atoms with E-state index >= 15 is 0 Å². The highest BCUT2D eigenvalue weighted by Gasteiger charge is 2.53. The first-order chi connectivity index (χ1) is 8.78. The molecule has 4 nitrogen and oxygen atoms in total. The van der Waals surface area contributed by atoms with Gasteiger partial charge in [-0.1, -0.05) is 13.8 Å². The van der Waals surface area contributed by atoms with E-state index in [1.54, 1.807) is 13.8 Å². The van der Waals surface area contributed by atoms with Crippen molar-refractivity contribution in [3.8, 4) is 0 Å². The summed E-state index contributed by atoms with van der Waals surface area (Å²) in [6.07, 6.45) is -3.80. The molecular weight excluding hydrogens is 272 g/mol. The summed E-state index contributed by atoms with van der Waals surface area (Å²) in [5, 5.41) is -0.270. The molecule has 0 aromatic carbocycles. The summed E-state index contributed by atoms with van der Waals surface area (Å²) in [6, 6.07) is 0. The van der Waals surface area contributed by atoms with Gasteiger partial charge < -0.3 is 9.31 Å². The van der Waals surface area contributed by atoms with Gasteiger partial charge in [0.1, 0.15) is 0 Å². The fraction of sp³-hybridized carbons (Fsp3) is 0.833. The van der Waals surface area contributed by atoms with Crippen molar-refractivity contribution in [3.63, 3.8) is 0 Å². The molecule has 0 saturated carbocycles. The number of nitrogens with zero attached hydrogens (tertiary/aromatic N) is 1. The fourth-order valence-electron chi connectivity index (χ4n) is 1.70. The topological polar surface area (TPSA) is 47.7 Å². The Hall–Kier alpha value is -0.725. The minimum atomic E-state index is -4.64. The number of rotatable bonds is 3. The van der Waals surface area contributed by atoms with Gasteiger partial charge in [-0.05, 0) is 39.1 Å². The molecule has 116 valence electrons. The van der Waals surface area contributed by atoms with Crippen LogP contribution in [0, 0.1) is 5.92 Å². The Morgan fingerprint density at radius 1 is 1.15 bits per heavy atom. The van der Waals surface area contributed by atoms with Crippen molar-refractivity contribution in [3.05, 3.63) is 11.7 Å². The Kier molecular flexibility index (Phi) is 4.54. The lowest BCUT2D eigenvalue weighted by Crippen LogP contribution is -2.41. The maximum atomic E-state index is 12.5. The van der Waals surface area contributed by atoms with Crippen LogP contribution in [0.25, 0.3) is 0 Å². The fourth-order valence-corrected chi connectivity index (χ4v) is 1.70. The summed E-state index contributed by atoms with van der Waals surface area (Å²) in [5.74, 6) is 4.82. The van der Waals surface area contributed by atoms with Gasteiger partial charge in [0.15, 0.2) is 0 Å². The van der Waals surface area contributed by atoms with Gasteiger partial charge in [0.25, 0.3) is 0 Å². The average molecular weight is 294 g/mol. The van der Waals surface area contributed by atoms with Crippen LogP contribution < -0.4 is 5.84 Å². The standard InChI is InChI=1S/C12H22BF3N2O2/c1-8(2)9(7-18(17)12(14,15)16)13-19-10(3,4)11(5,6)20-13/h7-8H,17H2,1-6H3/b9-7+. The normalized spacial score (nSPS) is 22.6. The van der Waals surface area contributed by atoms with Crippen molar-refractivity contribution in [2.75, 3.05) is 0 Å². The lowest BCUT2D eigenvalue weighted by Gasteiger charge is -2.32. The molecule has 2 N–H and O–H groups in total. The second-order valence-electron chi connectivity index (χ2n) is 6.25. The first-order valence-corrected chi connectivity index (χ1v) is 6.46. The summed E-state index contributed by atoms with van der Waals surface area (Å²) in [7, 11) is -0.839. The molecule has 0 unspecified atom stereocenters. The molecule has 8 heteroatoms.